The smallest absolute Gasteiger partial charge is 0.247 e. The Morgan fingerprint density at radius 1 is 1.25 bits per heavy atom. The highest BCUT2D eigenvalue weighted by Crippen LogP contribution is 2.34. The van der Waals surface area contributed by atoms with Crippen molar-refractivity contribution in [2.24, 2.45) is 7.05 Å². The molecule has 1 atom stereocenters. The normalized spacial score (nSPS) is 15.9. The van der Waals surface area contributed by atoms with Gasteiger partial charge in [-0.1, -0.05) is 31.5 Å². The standard InChI is InChI=1S/C23H31N3O2/c1-7-10-19(22(28)24-23(3,4)5)26-14-17-16-11-8-9-12-18(16)25(6)21(17)15(2)13-20(26)27/h8-9,11-13,19H,7,10,14H2,1-6H3,(H,24,28). The van der Waals surface area contributed by atoms with Gasteiger partial charge in [-0.15, -0.1) is 0 Å². The number of carbonyl (C=O) groups excluding carboxylic acids is 2. The van der Waals surface area contributed by atoms with Gasteiger partial charge in [0.05, 0.1) is 0 Å². The van der Waals surface area contributed by atoms with Gasteiger partial charge in [0.1, 0.15) is 6.04 Å². The molecule has 0 spiro atoms. The van der Waals surface area contributed by atoms with Gasteiger partial charge in [-0.05, 0) is 45.8 Å². The van der Waals surface area contributed by atoms with Gasteiger partial charge < -0.3 is 14.8 Å². The summed E-state index contributed by atoms with van der Waals surface area (Å²) in [5.41, 5.74) is 3.92. The Labute approximate surface area is 167 Å². The maximum Gasteiger partial charge on any atom is 0.247 e. The summed E-state index contributed by atoms with van der Waals surface area (Å²) < 4.78 is 2.15. The topological polar surface area (TPSA) is 54.3 Å². The summed E-state index contributed by atoms with van der Waals surface area (Å²) in [6.45, 7) is 10.3. The lowest BCUT2D eigenvalue weighted by molar-refractivity contribution is -0.138. The molecule has 0 aliphatic carbocycles. The van der Waals surface area contributed by atoms with Crippen molar-refractivity contribution in [3.8, 4) is 0 Å². The third-order valence-corrected chi connectivity index (χ3v) is 5.28. The second-order valence-electron chi connectivity index (χ2n) is 8.74. The Balaban J connectivity index is 2.09. The molecule has 5 heteroatoms. The fourth-order valence-electron chi connectivity index (χ4n) is 4.14. The number of amides is 2. The third-order valence-electron chi connectivity index (χ3n) is 5.28. The largest absolute Gasteiger partial charge is 0.350 e. The van der Waals surface area contributed by atoms with E-state index in [4.69, 9.17) is 0 Å². The number of nitrogens with zero attached hydrogens (tertiary/aromatic N) is 2. The molecule has 2 amide bonds. The van der Waals surface area contributed by atoms with Crippen molar-refractivity contribution in [2.45, 2.75) is 65.6 Å². The van der Waals surface area contributed by atoms with Crippen LogP contribution in [0.5, 0.6) is 0 Å². The number of aromatic nitrogens is 1. The molecule has 2 aromatic rings. The zero-order valence-corrected chi connectivity index (χ0v) is 17.8. The highest BCUT2D eigenvalue weighted by atomic mass is 16.2. The van der Waals surface area contributed by atoms with Crippen LogP contribution in [0.1, 0.15) is 58.7 Å². The van der Waals surface area contributed by atoms with Crippen LogP contribution in [0.3, 0.4) is 0 Å². The van der Waals surface area contributed by atoms with Gasteiger partial charge in [0, 0.05) is 47.4 Å². The molecule has 0 bridgehead atoms. The lowest BCUT2D eigenvalue weighted by Gasteiger charge is -2.32. The number of nitrogens with one attached hydrogen (secondary N) is 1. The van der Waals surface area contributed by atoms with E-state index < -0.39 is 6.04 Å². The number of benzene rings is 1. The quantitative estimate of drug-likeness (QED) is 0.870. The van der Waals surface area contributed by atoms with E-state index >= 15 is 0 Å². The maximum atomic E-state index is 13.1. The zero-order chi connectivity index (χ0) is 20.6. The molecular weight excluding hydrogens is 350 g/mol. The van der Waals surface area contributed by atoms with Gasteiger partial charge in [0.25, 0.3) is 0 Å². The molecule has 1 aromatic carbocycles. The summed E-state index contributed by atoms with van der Waals surface area (Å²) in [5.74, 6) is -0.183. The van der Waals surface area contributed by atoms with Crippen LogP contribution < -0.4 is 5.32 Å². The van der Waals surface area contributed by atoms with Crippen molar-refractivity contribution in [1.82, 2.24) is 14.8 Å². The number of carbonyl (C=O) groups is 2. The van der Waals surface area contributed by atoms with Crippen LogP contribution in [-0.4, -0.2) is 32.9 Å². The van der Waals surface area contributed by atoms with Gasteiger partial charge in [-0.25, -0.2) is 0 Å². The summed E-state index contributed by atoms with van der Waals surface area (Å²) in [6, 6.07) is 7.76. The molecule has 150 valence electrons. The number of aryl methyl sites for hydroxylation is 1. The number of fused-ring (bicyclic) bond motifs is 3. The number of rotatable bonds is 4. The van der Waals surface area contributed by atoms with Gasteiger partial charge in [0.15, 0.2) is 0 Å². The molecule has 1 N–H and O–H groups in total. The molecule has 1 aliphatic rings. The average Bonchev–Trinajstić information content (AvgIpc) is 2.80. The number of allylic oxidation sites excluding steroid dienone is 1. The van der Waals surface area contributed by atoms with E-state index in [0.717, 1.165) is 34.2 Å². The number of para-hydroxylation sites is 1. The highest BCUT2D eigenvalue weighted by molar-refractivity contribution is 6.01. The molecule has 3 rings (SSSR count). The monoisotopic (exact) mass is 381 g/mol. The van der Waals surface area contributed by atoms with Crippen molar-refractivity contribution in [1.29, 1.82) is 0 Å². The second kappa shape index (κ2) is 7.46. The predicted molar refractivity (Wildman–Crippen MR) is 114 cm³/mol. The molecular formula is C23H31N3O2. The van der Waals surface area contributed by atoms with Gasteiger partial charge >= 0.3 is 0 Å². The van der Waals surface area contributed by atoms with E-state index in [1.807, 2.05) is 53.8 Å². The van der Waals surface area contributed by atoms with Crippen molar-refractivity contribution < 1.29 is 9.59 Å². The lowest BCUT2D eigenvalue weighted by Crippen LogP contribution is -2.53. The zero-order valence-electron chi connectivity index (χ0n) is 17.8. The highest BCUT2D eigenvalue weighted by Gasteiger charge is 2.33. The minimum absolute atomic E-state index is 0.0857. The second-order valence-corrected chi connectivity index (χ2v) is 8.74. The molecule has 0 saturated heterocycles. The molecule has 0 radical (unpaired) electrons. The SMILES string of the molecule is CCCC(C(=O)NC(C)(C)C)N1Cc2c(n(C)c3ccccc23)C(C)=CC1=O. The molecule has 28 heavy (non-hydrogen) atoms. The van der Waals surface area contributed by atoms with E-state index in [1.165, 1.54) is 0 Å². The molecule has 0 saturated carbocycles. The summed E-state index contributed by atoms with van der Waals surface area (Å²) in [6.07, 6.45) is 3.15. The van der Waals surface area contributed by atoms with E-state index in [1.54, 1.807) is 11.0 Å². The van der Waals surface area contributed by atoms with Crippen molar-refractivity contribution >= 4 is 28.3 Å². The summed E-state index contributed by atoms with van der Waals surface area (Å²) in [5, 5.41) is 4.20. The lowest BCUT2D eigenvalue weighted by atomic mass is 10.0. The van der Waals surface area contributed by atoms with Gasteiger partial charge in [-0.3, -0.25) is 9.59 Å². The van der Waals surface area contributed by atoms with E-state index in [-0.39, 0.29) is 17.4 Å². The molecule has 5 nitrogen and oxygen atoms in total. The first-order valence-corrected chi connectivity index (χ1v) is 10.0. The van der Waals surface area contributed by atoms with Crippen molar-refractivity contribution in [2.75, 3.05) is 0 Å². The summed E-state index contributed by atoms with van der Waals surface area (Å²) >= 11 is 0. The Morgan fingerprint density at radius 2 is 1.93 bits per heavy atom. The van der Waals surface area contributed by atoms with Crippen LogP contribution in [0.4, 0.5) is 0 Å². The Bertz CT molecular complexity index is 947. The van der Waals surface area contributed by atoms with Gasteiger partial charge in [0.2, 0.25) is 11.8 Å². The van der Waals surface area contributed by atoms with Crippen LogP contribution >= 0.6 is 0 Å². The summed E-state index contributed by atoms with van der Waals surface area (Å²) in [4.78, 5) is 27.9. The van der Waals surface area contributed by atoms with E-state index in [2.05, 4.69) is 22.0 Å². The van der Waals surface area contributed by atoms with Crippen molar-refractivity contribution in [3.05, 3.63) is 41.6 Å². The number of hydrogen-bond donors (Lipinski definition) is 1. The van der Waals surface area contributed by atoms with Crippen LogP contribution in [0.15, 0.2) is 30.3 Å². The van der Waals surface area contributed by atoms with Crippen LogP contribution in [0.25, 0.3) is 16.5 Å². The molecule has 1 unspecified atom stereocenters. The van der Waals surface area contributed by atoms with Crippen LogP contribution in [-0.2, 0) is 23.2 Å². The first-order valence-electron chi connectivity index (χ1n) is 10.0. The van der Waals surface area contributed by atoms with Crippen LogP contribution in [0.2, 0.25) is 0 Å². The Hall–Kier alpha value is -2.56. The molecule has 0 fully saturated rings. The molecule has 1 aromatic heterocycles. The maximum absolute atomic E-state index is 13.1. The number of hydrogen-bond acceptors (Lipinski definition) is 2. The third kappa shape index (κ3) is 3.71. The first-order chi connectivity index (χ1) is 13.1. The predicted octanol–water partition coefficient (Wildman–Crippen LogP) is 4.01. The van der Waals surface area contributed by atoms with Crippen LogP contribution in [0, 0.1) is 0 Å². The summed E-state index contributed by atoms with van der Waals surface area (Å²) in [7, 11) is 2.04. The minimum atomic E-state index is -0.481. The Kier molecular flexibility index (Phi) is 5.37. The molecule has 2 heterocycles. The van der Waals surface area contributed by atoms with Crippen molar-refractivity contribution in [3.63, 3.8) is 0 Å². The minimum Gasteiger partial charge on any atom is -0.350 e. The fraction of sp³-hybridized carbons (Fsp3) is 0.478. The first kappa shape index (κ1) is 20.2. The van der Waals surface area contributed by atoms with E-state index in [9.17, 15) is 9.59 Å². The molecule has 1 aliphatic heterocycles. The Morgan fingerprint density at radius 3 is 2.57 bits per heavy atom. The fourth-order valence-corrected chi connectivity index (χ4v) is 4.14. The average molecular weight is 382 g/mol. The van der Waals surface area contributed by atoms with Gasteiger partial charge in [-0.2, -0.15) is 0 Å². The van der Waals surface area contributed by atoms with E-state index in [0.29, 0.717) is 13.0 Å².